The zero-order valence-electron chi connectivity index (χ0n) is 7.29. The van der Waals surface area contributed by atoms with Gasteiger partial charge in [0.1, 0.15) is 9.82 Å². The predicted octanol–water partition coefficient (Wildman–Crippen LogP) is 2.14. The third kappa shape index (κ3) is 3.11. The molecule has 0 aliphatic rings. The largest absolute Gasteiger partial charge is 0.281 e. The van der Waals surface area contributed by atoms with E-state index in [2.05, 4.69) is 25.6 Å². The Morgan fingerprint density at radius 3 is 2.71 bits per heavy atom. The molecule has 0 aliphatic carbocycles. The van der Waals surface area contributed by atoms with E-state index in [4.69, 9.17) is 11.6 Å². The standard InChI is InChI=1S/C7H8BrClN2O2S/c1-5-6(2-3-7(9)10-5)11-14(12,13)4-8/h2-3,11H,4H2,1H3. The van der Waals surface area contributed by atoms with Crippen LogP contribution in [0.4, 0.5) is 5.69 Å². The van der Waals surface area contributed by atoms with Crippen LogP contribution in [0.25, 0.3) is 0 Å². The van der Waals surface area contributed by atoms with Crippen molar-refractivity contribution in [2.24, 2.45) is 0 Å². The van der Waals surface area contributed by atoms with E-state index < -0.39 is 10.0 Å². The number of rotatable bonds is 3. The second kappa shape index (κ2) is 4.46. The molecular weight excluding hydrogens is 292 g/mol. The van der Waals surface area contributed by atoms with Crippen molar-refractivity contribution in [3.8, 4) is 0 Å². The number of anilines is 1. The molecule has 0 aromatic carbocycles. The molecule has 0 saturated carbocycles. The number of nitrogens with one attached hydrogen (secondary N) is 1. The SMILES string of the molecule is Cc1nc(Cl)ccc1NS(=O)(=O)CBr. The van der Waals surface area contributed by atoms with Gasteiger partial charge in [-0.3, -0.25) is 4.72 Å². The molecule has 0 atom stereocenters. The van der Waals surface area contributed by atoms with Crippen LogP contribution in [-0.2, 0) is 10.0 Å². The highest BCUT2D eigenvalue weighted by molar-refractivity contribution is 9.10. The maximum Gasteiger partial charge on any atom is 0.242 e. The Kier molecular flexibility index (Phi) is 3.74. The fourth-order valence-corrected chi connectivity index (χ4v) is 1.97. The van der Waals surface area contributed by atoms with Gasteiger partial charge in [0.25, 0.3) is 0 Å². The van der Waals surface area contributed by atoms with Crippen LogP contribution in [0.5, 0.6) is 0 Å². The summed E-state index contributed by atoms with van der Waals surface area (Å²) in [5.41, 5.74) is 0.982. The van der Waals surface area contributed by atoms with Crippen LogP contribution in [0, 0.1) is 6.92 Å². The topological polar surface area (TPSA) is 59.1 Å². The van der Waals surface area contributed by atoms with E-state index in [1.165, 1.54) is 6.07 Å². The van der Waals surface area contributed by atoms with Crippen LogP contribution in [0.2, 0.25) is 5.15 Å². The summed E-state index contributed by atoms with van der Waals surface area (Å²) >= 11 is 8.49. The lowest BCUT2D eigenvalue weighted by atomic mass is 10.3. The number of hydrogen-bond donors (Lipinski definition) is 1. The second-order valence-corrected chi connectivity index (χ2v) is 6.01. The summed E-state index contributed by atoms with van der Waals surface area (Å²) in [5, 5.41) is 0.337. The van der Waals surface area contributed by atoms with Crippen molar-refractivity contribution < 1.29 is 8.42 Å². The maximum absolute atomic E-state index is 11.2. The van der Waals surface area contributed by atoms with Gasteiger partial charge >= 0.3 is 0 Å². The molecule has 0 fully saturated rings. The van der Waals surface area contributed by atoms with Crippen molar-refractivity contribution in [3.05, 3.63) is 23.0 Å². The molecule has 1 heterocycles. The average molecular weight is 300 g/mol. The van der Waals surface area contributed by atoms with Crippen molar-refractivity contribution >= 4 is 43.2 Å². The molecule has 1 aromatic heterocycles. The Hall–Kier alpha value is -0.330. The highest BCUT2D eigenvalue weighted by Crippen LogP contribution is 2.17. The number of aromatic nitrogens is 1. The number of halogens is 2. The summed E-state index contributed by atoms with van der Waals surface area (Å²) in [7, 11) is -3.32. The molecule has 0 unspecified atom stereocenters. The van der Waals surface area contributed by atoms with Gasteiger partial charge in [0, 0.05) is 0 Å². The third-order valence-electron chi connectivity index (χ3n) is 1.46. The van der Waals surface area contributed by atoms with Gasteiger partial charge in [-0.2, -0.15) is 0 Å². The smallest absolute Gasteiger partial charge is 0.242 e. The molecule has 0 saturated heterocycles. The summed E-state index contributed by atoms with van der Waals surface area (Å²) in [5.74, 6) is 0. The Balaban J connectivity index is 2.99. The van der Waals surface area contributed by atoms with Crippen LogP contribution >= 0.6 is 27.5 Å². The Labute approximate surface area is 95.9 Å². The number of alkyl halides is 1. The van der Waals surface area contributed by atoms with Crippen molar-refractivity contribution in [2.75, 3.05) is 9.38 Å². The molecule has 14 heavy (non-hydrogen) atoms. The molecule has 1 rings (SSSR count). The monoisotopic (exact) mass is 298 g/mol. The van der Waals surface area contributed by atoms with Crippen LogP contribution in [0.15, 0.2) is 12.1 Å². The van der Waals surface area contributed by atoms with E-state index in [0.29, 0.717) is 16.5 Å². The summed E-state index contributed by atoms with van der Waals surface area (Å²) in [6.07, 6.45) is 0. The number of nitrogens with zero attached hydrogens (tertiary/aromatic N) is 1. The fourth-order valence-electron chi connectivity index (χ4n) is 0.833. The first kappa shape index (κ1) is 11.7. The summed E-state index contributed by atoms with van der Waals surface area (Å²) in [6, 6.07) is 3.10. The van der Waals surface area contributed by atoms with E-state index in [0.717, 1.165) is 0 Å². The normalized spacial score (nSPS) is 11.4. The lowest BCUT2D eigenvalue weighted by Gasteiger charge is -2.07. The Morgan fingerprint density at radius 2 is 2.21 bits per heavy atom. The molecule has 78 valence electrons. The average Bonchev–Trinajstić information content (AvgIpc) is 2.10. The number of sulfonamides is 1. The second-order valence-electron chi connectivity index (χ2n) is 2.59. The van der Waals surface area contributed by atoms with Gasteiger partial charge < -0.3 is 0 Å². The van der Waals surface area contributed by atoms with E-state index in [1.807, 2.05) is 0 Å². The molecule has 0 aliphatic heterocycles. The fraction of sp³-hybridized carbons (Fsp3) is 0.286. The van der Waals surface area contributed by atoms with E-state index >= 15 is 0 Å². The molecule has 1 aromatic rings. The predicted molar refractivity (Wildman–Crippen MR) is 60.3 cm³/mol. The Morgan fingerprint density at radius 1 is 1.57 bits per heavy atom. The first-order valence-corrected chi connectivity index (χ1v) is 6.79. The van der Waals surface area contributed by atoms with Crippen molar-refractivity contribution in [3.63, 3.8) is 0 Å². The zero-order valence-corrected chi connectivity index (χ0v) is 10.4. The quantitative estimate of drug-likeness (QED) is 0.687. The summed E-state index contributed by atoms with van der Waals surface area (Å²) in [6.45, 7) is 1.68. The van der Waals surface area contributed by atoms with E-state index in [9.17, 15) is 8.42 Å². The molecule has 0 amide bonds. The van der Waals surface area contributed by atoms with Crippen LogP contribution in [0.3, 0.4) is 0 Å². The van der Waals surface area contributed by atoms with Gasteiger partial charge in [0.05, 0.1) is 11.4 Å². The Bertz CT molecular complexity index is 435. The van der Waals surface area contributed by atoms with E-state index in [-0.39, 0.29) is 4.66 Å². The minimum Gasteiger partial charge on any atom is -0.281 e. The van der Waals surface area contributed by atoms with Crippen LogP contribution < -0.4 is 4.72 Å². The number of aryl methyl sites for hydroxylation is 1. The minimum absolute atomic E-state index is 0.151. The van der Waals surface area contributed by atoms with Crippen molar-refractivity contribution in [1.82, 2.24) is 4.98 Å². The molecule has 4 nitrogen and oxygen atoms in total. The first-order chi connectivity index (χ1) is 6.44. The highest BCUT2D eigenvalue weighted by atomic mass is 79.9. The lowest BCUT2D eigenvalue weighted by Crippen LogP contribution is -2.14. The van der Waals surface area contributed by atoms with Gasteiger partial charge in [0.15, 0.2) is 0 Å². The summed E-state index contributed by atoms with van der Waals surface area (Å²) in [4.78, 5) is 3.92. The first-order valence-electron chi connectivity index (χ1n) is 3.64. The summed E-state index contributed by atoms with van der Waals surface area (Å²) < 4.78 is 24.6. The van der Waals surface area contributed by atoms with Gasteiger partial charge in [-0.15, -0.1) is 0 Å². The molecule has 7 heteroatoms. The van der Waals surface area contributed by atoms with Gasteiger partial charge in [-0.05, 0) is 19.1 Å². The van der Waals surface area contributed by atoms with E-state index in [1.54, 1.807) is 13.0 Å². The van der Waals surface area contributed by atoms with Gasteiger partial charge in [-0.25, -0.2) is 13.4 Å². The van der Waals surface area contributed by atoms with Gasteiger partial charge in [-0.1, -0.05) is 27.5 Å². The number of pyridine rings is 1. The minimum atomic E-state index is -3.32. The van der Waals surface area contributed by atoms with Gasteiger partial charge in [0.2, 0.25) is 10.0 Å². The molecule has 0 spiro atoms. The van der Waals surface area contributed by atoms with Crippen LogP contribution in [-0.4, -0.2) is 18.1 Å². The molecule has 0 bridgehead atoms. The van der Waals surface area contributed by atoms with Crippen LogP contribution in [0.1, 0.15) is 5.69 Å². The van der Waals surface area contributed by atoms with Crippen molar-refractivity contribution in [2.45, 2.75) is 6.92 Å². The third-order valence-corrected chi connectivity index (χ3v) is 4.30. The lowest BCUT2D eigenvalue weighted by molar-refractivity contribution is 0.606. The van der Waals surface area contributed by atoms with Crippen molar-refractivity contribution in [1.29, 1.82) is 0 Å². The highest BCUT2D eigenvalue weighted by Gasteiger charge is 2.09. The zero-order chi connectivity index (χ0) is 10.8. The maximum atomic E-state index is 11.2. The molecule has 0 radical (unpaired) electrons. The molecule has 1 N–H and O–H groups in total. The molecular formula is C7H8BrClN2O2S. The number of hydrogen-bond acceptors (Lipinski definition) is 3.